The van der Waals surface area contributed by atoms with E-state index in [1.54, 1.807) is 51.2 Å². The van der Waals surface area contributed by atoms with Gasteiger partial charge >= 0.3 is 12.0 Å². The molecule has 19 atom stereocenters. The van der Waals surface area contributed by atoms with E-state index in [0.29, 0.717) is 12.5 Å². The summed E-state index contributed by atoms with van der Waals surface area (Å²) in [4.78, 5) is 27.7. The fourth-order valence-corrected chi connectivity index (χ4v) is 9.84. The number of urea groups is 1. The smallest absolute Gasteiger partial charge is 0.314 e. The molecule has 0 radical (unpaired) electrons. The van der Waals surface area contributed by atoms with Crippen LogP contribution in [0.1, 0.15) is 91.9 Å². The van der Waals surface area contributed by atoms with Crippen LogP contribution in [-0.2, 0) is 23.7 Å². The number of esters is 1. The van der Waals surface area contributed by atoms with Crippen LogP contribution in [0.5, 0.6) is 0 Å². The summed E-state index contributed by atoms with van der Waals surface area (Å²) in [5, 5.41) is 120. The van der Waals surface area contributed by atoms with Gasteiger partial charge in [0.15, 0.2) is 12.1 Å². The number of rotatable bonds is 6. The number of amides is 2. The van der Waals surface area contributed by atoms with Gasteiger partial charge in [-0.05, 0) is 78.6 Å². The van der Waals surface area contributed by atoms with E-state index in [4.69, 9.17) is 18.9 Å². The first-order chi connectivity index (χ1) is 35.6. The van der Waals surface area contributed by atoms with Crippen LogP contribution in [0.4, 0.5) is 4.79 Å². The van der Waals surface area contributed by atoms with Gasteiger partial charge in [-0.25, -0.2) is 4.79 Å². The van der Waals surface area contributed by atoms with Crippen molar-refractivity contribution in [1.82, 2.24) is 20.9 Å². The van der Waals surface area contributed by atoms with Gasteiger partial charge in [0.25, 0.3) is 0 Å². The Kier molecular flexibility index (Phi) is 27.5. The third kappa shape index (κ3) is 21.9. The lowest BCUT2D eigenvalue weighted by molar-refractivity contribution is -0.303. The molecule has 2 bridgehead atoms. The predicted octanol–water partition coefficient (Wildman–Crippen LogP) is 1.28. The molecule has 0 aromatic heterocycles. The quantitative estimate of drug-likeness (QED) is 0.167. The second kappa shape index (κ2) is 32.3. The second-order valence-electron chi connectivity index (χ2n) is 21.1. The van der Waals surface area contributed by atoms with Crippen LogP contribution in [0.15, 0.2) is 85.1 Å². The van der Waals surface area contributed by atoms with Crippen molar-refractivity contribution in [2.75, 3.05) is 33.7 Å². The number of piperidine rings is 1. The normalized spacial score (nSPS) is 42.7. The summed E-state index contributed by atoms with van der Waals surface area (Å²) >= 11 is 0. The molecule has 0 aromatic rings. The summed E-state index contributed by atoms with van der Waals surface area (Å²) < 4.78 is 24.3. The summed E-state index contributed by atoms with van der Waals surface area (Å²) in [5.41, 5.74) is 0. The first kappa shape index (κ1) is 63.8. The Morgan fingerprint density at radius 2 is 1.28 bits per heavy atom. The Bertz CT molecular complexity index is 1910. The van der Waals surface area contributed by atoms with E-state index in [9.17, 15) is 60.7 Å². The summed E-state index contributed by atoms with van der Waals surface area (Å²) in [6.07, 6.45) is 7.92. The van der Waals surface area contributed by atoms with E-state index in [0.717, 1.165) is 25.9 Å². The second-order valence-corrected chi connectivity index (χ2v) is 21.1. The van der Waals surface area contributed by atoms with E-state index < -0.39 is 147 Å². The molecular weight excluding hydrogens is 973 g/mol. The lowest BCUT2D eigenvalue weighted by Gasteiger charge is -2.47. The lowest BCUT2D eigenvalue weighted by Crippen LogP contribution is -2.64. The molecule has 426 valence electrons. The summed E-state index contributed by atoms with van der Waals surface area (Å²) in [7, 11) is 3.46. The van der Waals surface area contributed by atoms with Crippen LogP contribution in [0.2, 0.25) is 0 Å². The topological polar surface area (TPSA) is 313 Å². The van der Waals surface area contributed by atoms with Gasteiger partial charge < -0.3 is 90.9 Å². The minimum atomic E-state index is -2.23. The SMILES string of the molecule is CNC(=O)N[C@H]1[C@@H]2C[C@@H](O[C@@H]3O[C@H](C)[C@@H](O)[C@H](NCC4CCN(C)CC4)[C@@H]3O)/C=C/C=C/C=C/C=C/C=C/C=C/C=C/[C@H](C)[C@@H](O)[C@@H](C)[C@H](C)OC(=O)C[C@H](O)C[C@H](O)CC[C@@H](O)[C@H](O)C[C@H](O)C[C@](O)(C[C@@H]1O)O2. The monoisotopic (exact) mass is 1060 g/mol. The maximum atomic E-state index is 12.8. The Morgan fingerprint density at radius 1 is 0.680 bits per heavy atom. The number of likely N-dealkylation sites (tertiary alicyclic amines) is 1. The summed E-state index contributed by atoms with van der Waals surface area (Å²) in [6, 6.07) is -2.60. The van der Waals surface area contributed by atoms with Gasteiger partial charge in [0.2, 0.25) is 0 Å². The highest BCUT2D eigenvalue weighted by molar-refractivity contribution is 5.74. The van der Waals surface area contributed by atoms with Crippen LogP contribution in [0.25, 0.3) is 0 Å². The number of ether oxygens (including phenoxy) is 4. The number of fused-ring (bicyclic) bond motifs is 2. The number of aliphatic hydroxyl groups is 10. The summed E-state index contributed by atoms with van der Waals surface area (Å²) in [6.45, 7) is 9.38. The number of nitrogens with zero attached hydrogens (tertiary/aromatic N) is 1. The Morgan fingerprint density at radius 3 is 1.89 bits per heavy atom. The van der Waals surface area contributed by atoms with Gasteiger partial charge in [-0.3, -0.25) is 4.79 Å². The zero-order chi connectivity index (χ0) is 55.2. The van der Waals surface area contributed by atoms with Crippen molar-refractivity contribution in [1.29, 1.82) is 0 Å². The Balaban J connectivity index is 1.59. The lowest BCUT2D eigenvalue weighted by atomic mass is 9.87. The van der Waals surface area contributed by atoms with E-state index >= 15 is 0 Å². The number of aliphatic hydroxyl groups excluding tert-OH is 9. The molecule has 4 heterocycles. The molecule has 3 fully saturated rings. The van der Waals surface area contributed by atoms with E-state index in [-0.39, 0.29) is 31.6 Å². The van der Waals surface area contributed by atoms with Crippen molar-refractivity contribution >= 4 is 12.0 Å². The average Bonchev–Trinajstić information content (AvgIpc) is 3.35. The fraction of sp³-hybridized carbons (Fsp3) is 0.709. The zero-order valence-electron chi connectivity index (χ0n) is 44.6. The van der Waals surface area contributed by atoms with Gasteiger partial charge in [0, 0.05) is 44.6 Å². The standard InChI is InChI=1S/C55H90N4O16/c1-34-19-17-15-13-11-9-7-8-10-12-14-16-18-20-42(74-53-52(69)49(51(68)37(4)73-53)57-33-38-23-25-59(6)26-24-38)30-46-48(58-54(70)56-5)45(65)32-55(71,75-46)31-41(62)28-44(64)43(63)22-21-39(60)27-40(61)29-47(66)72-36(3)35(2)50(34)67/h7-20,34-46,48-53,57,60-65,67-69,71H,21-33H2,1-6H3,(H2,56,58,70)/b8-7+,11-9+,12-10+,15-13+,16-14+,19-17+,20-18+/t34-,35-,36-,37+,39+,40+,41-,42-,43+,44+,45-,46-,48+,49-,50+,51+,52-,53-,55+/m0/s1. The van der Waals surface area contributed by atoms with Gasteiger partial charge in [-0.2, -0.15) is 0 Å². The highest BCUT2D eigenvalue weighted by atomic mass is 16.7. The van der Waals surface area contributed by atoms with Gasteiger partial charge in [-0.1, -0.05) is 98.9 Å². The van der Waals surface area contributed by atoms with Crippen molar-refractivity contribution in [3.05, 3.63) is 85.1 Å². The van der Waals surface area contributed by atoms with Crippen molar-refractivity contribution < 1.29 is 79.6 Å². The molecule has 4 rings (SSSR count). The van der Waals surface area contributed by atoms with Crippen molar-refractivity contribution in [2.45, 2.75) is 195 Å². The molecule has 20 heteroatoms. The maximum Gasteiger partial charge on any atom is 0.314 e. The van der Waals surface area contributed by atoms with Crippen LogP contribution >= 0.6 is 0 Å². The molecule has 0 aliphatic carbocycles. The third-order valence-electron chi connectivity index (χ3n) is 14.7. The molecule has 3 saturated heterocycles. The number of hydrogen-bond donors (Lipinski definition) is 13. The predicted molar refractivity (Wildman–Crippen MR) is 281 cm³/mol. The van der Waals surface area contributed by atoms with Crippen LogP contribution < -0.4 is 16.0 Å². The number of carbonyl (C=O) groups is 2. The first-order valence-corrected chi connectivity index (χ1v) is 26.7. The Labute approximate surface area is 443 Å². The van der Waals surface area contributed by atoms with Crippen molar-refractivity contribution in [2.24, 2.45) is 17.8 Å². The van der Waals surface area contributed by atoms with Crippen LogP contribution in [0, 0.1) is 17.8 Å². The largest absolute Gasteiger partial charge is 0.462 e. The molecular formula is C55H90N4O16. The highest BCUT2D eigenvalue weighted by Gasteiger charge is 2.49. The zero-order valence-corrected chi connectivity index (χ0v) is 44.6. The van der Waals surface area contributed by atoms with Gasteiger partial charge in [0.1, 0.15) is 12.2 Å². The molecule has 2 amide bonds. The van der Waals surface area contributed by atoms with E-state index in [1.165, 1.54) is 7.05 Å². The minimum Gasteiger partial charge on any atom is -0.462 e. The minimum absolute atomic E-state index is 0.0864. The number of hydrogen-bond acceptors (Lipinski definition) is 18. The third-order valence-corrected chi connectivity index (χ3v) is 14.7. The highest BCUT2D eigenvalue weighted by Crippen LogP contribution is 2.35. The number of cyclic esters (lactones) is 1. The molecule has 0 spiro atoms. The number of carbonyl (C=O) groups excluding carboxylic acids is 2. The van der Waals surface area contributed by atoms with Crippen LogP contribution in [0.3, 0.4) is 0 Å². The van der Waals surface area contributed by atoms with Crippen molar-refractivity contribution in [3.63, 3.8) is 0 Å². The molecule has 0 saturated carbocycles. The molecule has 4 aliphatic rings. The van der Waals surface area contributed by atoms with Crippen LogP contribution in [-0.4, -0.2) is 205 Å². The maximum absolute atomic E-state index is 12.8. The van der Waals surface area contributed by atoms with E-state index in [2.05, 4.69) is 27.9 Å². The average molecular weight is 1060 g/mol. The molecule has 13 N–H and O–H groups in total. The Hall–Kier alpha value is -3.68. The van der Waals surface area contributed by atoms with E-state index in [1.807, 2.05) is 61.6 Å². The number of nitrogens with one attached hydrogen (secondary N) is 3. The summed E-state index contributed by atoms with van der Waals surface area (Å²) in [5.74, 6) is -3.33. The van der Waals surface area contributed by atoms with Gasteiger partial charge in [-0.15, -0.1) is 0 Å². The first-order valence-electron chi connectivity index (χ1n) is 26.7. The number of allylic oxidation sites excluding steroid dienone is 12. The molecule has 20 nitrogen and oxygen atoms in total. The van der Waals surface area contributed by atoms with Gasteiger partial charge in [0.05, 0.1) is 85.6 Å². The molecule has 0 unspecified atom stereocenters. The van der Waals surface area contributed by atoms with Crippen molar-refractivity contribution in [3.8, 4) is 0 Å². The fourth-order valence-electron chi connectivity index (χ4n) is 9.84. The molecule has 4 aliphatic heterocycles. The molecule has 0 aromatic carbocycles. The molecule has 75 heavy (non-hydrogen) atoms.